The molecule has 1 heterocycles. The van der Waals surface area contributed by atoms with Crippen molar-refractivity contribution in [3.05, 3.63) is 0 Å². The summed E-state index contributed by atoms with van der Waals surface area (Å²) in [5.74, 6) is 1.29. The Morgan fingerprint density at radius 2 is 1.80 bits per heavy atom. The smallest absolute Gasteiger partial charge is 0.156 e. The summed E-state index contributed by atoms with van der Waals surface area (Å²) in [5, 5.41) is 11.9. The minimum atomic E-state index is 0.0398. The minimum Gasteiger partial charge on any atom is -0.409 e. The summed E-state index contributed by atoms with van der Waals surface area (Å²) in [6.45, 7) is 8.60. The molecule has 0 bridgehead atoms. The van der Waals surface area contributed by atoms with Gasteiger partial charge in [-0.1, -0.05) is 18.5 Å². The summed E-state index contributed by atoms with van der Waals surface area (Å²) in [4.78, 5) is 4.96. The topological polar surface area (TPSA) is 65.1 Å². The number of hydrogen-bond donors (Lipinski definition) is 2. The monoisotopic (exact) mass is 282 g/mol. The maximum Gasteiger partial charge on any atom is 0.156 e. The molecule has 2 fully saturated rings. The third-order valence-corrected chi connectivity index (χ3v) is 5.35. The molecule has 1 unspecified atom stereocenters. The van der Waals surface area contributed by atoms with E-state index in [2.05, 4.69) is 21.9 Å². The van der Waals surface area contributed by atoms with E-state index in [9.17, 15) is 0 Å². The fraction of sp³-hybridized carbons (Fsp3) is 0.933. The molecule has 2 aliphatic rings. The number of rotatable bonds is 4. The van der Waals surface area contributed by atoms with Crippen molar-refractivity contribution in [2.24, 2.45) is 16.8 Å². The van der Waals surface area contributed by atoms with Gasteiger partial charge in [-0.25, -0.2) is 0 Å². The van der Waals surface area contributed by atoms with E-state index in [0.29, 0.717) is 5.84 Å². The summed E-state index contributed by atoms with van der Waals surface area (Å²) in [7, 11) is 0. The number of piperazine rings is 1. The van der Waals surface area contributed by atoms with Gasteiger partial charge < -0.3 is 10.9 Å². The summed E-state index contributed by atoms with van der Waals surface area (Å²) in [6.07, 6.45) is 6.89. The van der Waals surface area contributed by atoms with Crippen LogP contribution in [0.5, 0.6) is 0 Å². The fourth-order valence-corrected chi connectivity index (χ4v) is 3.68. The lowest BCUT2D eigenvalue weighted by Gasteiger charge is -2.43. The summed E-state index contributed by atoms with van der Waals surface area (Å²) < 4.78 is 0. The summed E-state index contributed by atoms with van der Waals surface area (Å²) >= 11 is 0. The predicted molar refractivity (Wildman–Crippen MR) is 82.1 cm³/mol. The Hall–Kier alpha value is -0.810. The number of nitrogens with zero attached hydrogens (tertiary/aromatic N) is 3. The van der Waals surface area contributed by atoms with Crippen molar-refractivity contribution in [2.75, 3.05) is 26.2 Å². The number of oxime groups is 1. The molecule has 20 heavy (non-hydrogen) atoms. The first kappa shape index (κ1) is 15.6. The maximum absolute atomic E-state index is 8.77. The molecule has 5 nitrogen and oxygen atoms in total. The Kier molecular flexibility index (Phi) is 5.66. The first-order valence-corrected chi connectivity index (χ1v) is 8.11. The molecular formula is C15H30N4O. The van der Waals surface area contributed by atoms with Gasteiger partial charge in [0.2, 0.25) is 0 Å². The van der Waals surface area contributed by atoms with Gasteiger partial charge in [0.05, 0.1) is 6.04 Å². The number of nitrogens with two attached hydrogens (primary N) is 1. The zero-order valence-corrected chi connectivity index (χ0v) is 13.0. The highest BCUT2D eigenvalue weighted by atomic mass is 16.4. The van der Waals surface area contributed by atoms with Crippen LogP contribution >= 0.6 is 0 Å². The average Bonchev–Trinajstić information content (AvgIpc) is 2.53. The number of amidine groups is 1. The summed E-state index contributed by atoms with van der Waals surface area (Å²) in [5.41, 5.74) is 5.70. The molecule has 0 amide bonds. The van der Waals surface area contributed by atoms with Crippen LogP contribution < -0.4 is 5.73 Å². The second kappa shape index (κ2) is 7.27. The SMILES string of the molecule is CCC1CCC(N2CCN(C(C)C(N)=NO)CC2)CC1. The fourth-order valence-electron chi connectivity index (χ4n) is 3.68. The highest BCUT2D eigenvalue weighted by Crippen LogP contribution is 2.30. The molecule has 1 aliphatic carbocycles. The van der Waals surface area contributed by atoms with Gasteiger partial charge in [0, 0.05) is 32.2 Å². The van der Waals surface area contributed by atoms with Gasteiger partial charge >= 0.3 is 0 Å². The van der Waals surface area contributed by atoms with Gasteiger partial charge in [-0.05, 0) is 38.5 Å². The van der Waals surface area contributed by atoms with Gasteiger partial charge in [0.25, 0.3) is 0 Å². The normalized spacial score (nSPS) is 32.2. The molecule has 1 atom stereocenters. The Labute approximate surface area is 122 Å². The van der Waals surface area contributed by atoms with Crippen molar-refractivity contribution in [3.8, 4) is 0 Å². The van der Waals surface area contributed by atoms with Gasteiger partial charge in [-0.15, -0.1) is 0 Å². The molecule has 1 saturated heterocycles. The molecular weight excluding hydrogens is 252 g/mol. The third kappa shape index (κ3) is 3.64. The van der Waals surface area contributed by atoms with Gasteiger partial charge in [-0.2, -0.15) is 0 Å². The highest BCUT2D eigenvalue weighted by molar-refractivity contribution is 5.84. The molecule has 0 aromatic rings. The van der Waals surface area contributed by atoms with Crippen molar-refractivity contribution < 1.29 is 5.21 Å². The second-order valence-electron chi connectivity index (χ2n) is 6.36. The van der Waals surface area contributed by atoms with Crippen molar-refractivity contribution in [2.45, 2.75) is 58.0 Å². The molecule has 0 aromatic heterocycles. The van der Waals surface area contributed by atoms with E-state index in [4.69, 9.17) is 10.9 Å². The van der Waals surface area contributed by atoms with Crippen LogP contribution in [-0.4, -0.2) is 59.1 Å². The summed E-state index contributed by atoms with van der Waals surface area (Å²) in [6, 6.07) is 0.831. The zero-order valence-electron chi connectivity index (χ0n) is 13.0. The second-order valence-corrected chi connectivity index (χ2v) is 6.36. The van der Waals surface area contributed by atoms with Crippen LogP contribution in [0.4, 0.5) is 0 Å². The molecule has 1 saturated carbocycles. The first-order valence-electron chi connectivity index (χ1n) is 8.11. The Bertz CT molecular complexity index is 318. The maximum atomic E-state index is 8.77. The quantitative estimate of drug-likeness (QED) is 0.356. The lowest BCUT2D eigenvalue weighted by Crippen LogP contribution is -2.55. The molecule has 0 spiro atoms. The van der Waals surface area contributed by atoms with E-state index >= 15 is 0 Å². The van der Waals surface area contributed by atoms with Crippen LogP contribution in [0.2, 0.25) is 0 Å². The lowest BCUT2D eigenvalue weighted by atomic mass is 9.84. The van der Waals surface area contributed by atoms with Crippen LogP contribution in [0, 0.1) is 5.92 Å². The Morgan fingerprint density at radius 3 is 2.30 bits per heavy atom. The first-order chi connectivity index (χ1) is 9.65. The van der Waals surface area contributed by atoms with Gasteiger partial charge in [0.15, 0.2) is 5.84 Å². The molecule has 1 aliphatic heterocycles. The van der Waals surface area contributed by atoms with E-state index in [1.807, 2.05) is 6.92 Å². The van der Waals surface area contributed by atoms with Crippen LogP contribution in [0.25, 0.3) is 0 Å². The Balaban J connectivity index is 1.77. The van der Waals surface area contributed by atoms with E-state index in [1.54, 1.807) is 0 Å². The molecule has 116 valence electrons. The van der Waals surface area contributed by atoms with E-state index < -0.39 is 0 Å². The van der Waals surface area contributed by atoms with Crippen molar-refractivity contribution in [1.82, 2.24) is 9.80 Å². The van der Waals surface area contributed by atoms with E-state index in [1.165, 1.54) is 32.1 Å². The van der Waals surface area contributed by atoms with Gasteiger partial charge in [-0.3, -0.25) is 9.80 Å². The minimum absolute atomic E-state index is 0.0398. The molecule has 3 N–H and O–H groups in total. The predicted octanol–water partition coefficient (Wildman–Crippen LogP) is 1.71. The molecule has 2 rings (SSSR count). The van der Waals surface area contributed by atoms with E-state index in [-0.39, 0.29) is 6.04 Å². The van der Waals surface area contributed by atoms with Crippen molar-refractivity contribution in [1.29, 1.82) is 0 Å². The highest BCUT2D eigenvalue weighted by Gasteiger charge is 2.29. The van der Waals surface area contributed by atoms with E-state index in [0.717, 1.165) is 38.1 Å². The molecule has 0 radical (unpaired) electrons. The van der Waals surface area contributed by atoms with Crippen LogP contribution in [-0.2, 0) is 0 Å². The van der Waals surface area contributed by atoms with Crippen LogP contribution in [0.15, 0.2) is 5.16 Å². The lowest BCUT2D eigenvalue weighted by molar-refractivity contribution is 0.0641. The van der Waals surface area contributed by atoms with Crippen LogP contribution in [0.3, 0.4) is 0 Å². The molecule has 5 heteroatoms. The zero-order chi connectivity index (χ0) is 14.5. The average molecular weight is 282 g/mol. The largest absolute Gasteiger partial charge is 0.409 e. The number of hydrogen-bond acceptors (Lipinski definition) is 4. The van der Waals surface area contributed by atoms with Gasteiger partial charge in [0.1, 0.15) is 0 Å². The van der Waals surface area contributed by atoms with Crippen LogP contribution in [0.1, 0.15) is 46.0 Å². The third-order valence-electron chi connectivity index (χ3n) is 5.35. The van der Waals surface area contributed by atoms with Crippen molar-refractivity contribution in [3.63, 3.8) is 0 Å². The van der Waals surface area contributed by atoms with Crippen molar-refractivity contribution >= 4 is 5.84 Å². The standard InChI is InChI=1S/C15H30N4O/c1-3-13-4-6-14(7-5-13)19-10-8-18(9-11-19)12(2)15(16)17-20/h12-14,20H,3-11H2,1-2H3,(H2,16,17). The molecule has 0 aromatic carbocycles. The Morgan fingerprint density at radius 1 is 1.20 bits per heavy atom.